The van der Waals surface area contributed by atoms with E-state index in [1.54, 1.807) is 0 Å². The molecule has 2 aromatic rings. The molecule has 1 saturated heterocycles. The Balaban J connectivity index is 1.59. The summed E-state index contributed by atoms with van der Waals surface area (Å²) in [6, 6.07) is 8.11. The third-order valence-corrected chi connectivity index (χ3v) is 5.35. The number of nitrogens with zero attached hydrogens (tertiary/aromatic N) is 4. The number of rotatable bonds is 3. The van der Waals surface area contributed by atoms with Crippen LogP contribution in [0.1, 0.15) is 23.2 Å². The predicted octanol–water partition coefficient (Wildman–Crippen LogP) is 2.87. The Morgan fingerprint density at radius 2 is 2.24 bits per heavy atom. The molecule has 1 aromatic heterocycles. The summed E-state index contributed by atoms with van der Waals surface area (Å²) in [6.45, 7) is 4.24. The lowest BCUT2D eigenvalue weighted by molar-refractivity contribution is 0.0503. The molecule has 6 heteroatoms. The van der Waals surface area contributed by atoms with E-state index in [4.69, 9.17) is 21.3 Å². The summed E-state index contributed by atoms with van der Waals surface area (Å²) in [4.78, 5) is 13.8. The highest BCUT2D eigenvalue weighted by atomic mass is 35.5. The van der Waals surface area contributed by atoms with Gasteiger partial charge in [-0.3, -0.25) is 4.90 Å². The monoisotopic (exact) mass is 358 g/mol. The smallest absolute Gasteiger partial charge is 0.225 e. The molecular weight excluding hydrogens is 336 g/mol. The van der Waals surface area contributed by atoms with E-state index in [9.17, 15) is 0 Å². The van der Waals surface area contributed by atoms with E-state index in [1.165, 1.54) is 11.3 Å². The molecule has 5 nitrogen and oxygen atoms in total. The van der Waals surface area contributed by atoms with Gasteiger partial charge in [0.1, 0.15) is 0 Å². The second-order valence-corrected chi connectivity index (χ2v) is 7.74. The van der Waals surface area contributed by atoms with Crippen LogP contribution in [-0.4, -0.2) is 48.7 Å². The molecule has 25 heavy (non-hydrogen) atoms. The minimum Gasteiger partial charge on any atom is -0.376 e. The first-order valence-corrected chi connectivity index (χ1v) is 9.02. The molecule has 4 rings (SSSR count). The van der Waals surface area contributed by atoms with Crippen LogP contribution >= 0.6 is 11.6 Å². The highest BCUT2D eigenvalue weighted by Gasteiger charge is 2.44. The van der Waals surface area contributed by atoms with Gasteiger partial charge >= 0.3 is 0 Å². The normalized spacial score (nSPS) is 23.0. The van der Waals surface area contributed by atoms with Gasteiger partial charge in [-0.25, -0.2) is 9.97 Å². The predicted molar refractivity (Wildman–Crippen MR) is 99.0 cm³/mol. The van der Waals surface area contributed by atoms with Gasteiger partial charge < -0.3 is 9.64 Å². The molecule has 0 saturated carbocycles. The summed E-state index contributed by atoms with van der Waals surface area (Å²) in [5.74, 6) is 0.772. The van der Waals surface area contributed by atoms with Crippen molar-refractivity contribution in [3.63, 3.8) is 0 Å². The van der Waals surface area contributed by atoms with E-state index >= 15 is 0 Å². The third-order valence-electron chi connectivity index (χ3n) is 5.12. The number of ether oxygens (including phenoxy) is 1. The van der Waals surface area contributed by atoms with Crippen molar-refractivity contribution in [3.05, 3.63) is 52.3 Å². The first-order chi connectivity index (χ1) is 12.1. The van der Waals surface area contributed by atoms with E-state index in [0.717, 1.165) is 49.2 Å². The fraction of sp³-hybridized carbons (Fsp3) is 0.474. The molecule has 2 aliphatic rings. The highest BCUT2D eigenvalue weighted by Crippen LogP contribution is 2.39. The third kappa shape index (κ3) is 3.24. The van der Waals surface area contributed by atoms with Gasteiger partial charge in [0, 0.05) is 44.0 Å². The van der Waals surface area contributed by atoms with Crippen LogP contribution in [0.4, 0.5) is 5.95 Å². The molecular formula is C19H23ClN4O. The zero-order valence-electron chi connectivity index (χ0n) is 14.7. The molecule has 3 heterocycles. The quantitative estimate of drug-likeness (QED) is 0.844. The second-order valence-electron chi connectivity index (χ2n) is 7.30. The van der Waals surface area contributed by atoms with Gasteiger partial charge in [0.25, 0.3) is 0 Å². The van der Waals surface area contributed by atoms with Crippen LogP contribution in [0.5, 0.6) is 0 Å². The molecule has 1 aromatic carbocycles. The number of hydrogen-bond donors (Lipinski definition) is 0. The Labute approximate surface area is 153 Å². The summed E-state index contributed by atoms with van der Waals surface area (Å²) < 4.78 is 5.91. The molecule has 2 aliphatic heterocycles. The van der Waals surface area contributed by atoms with Crippen molar-refractivity contribution in [2.24, 2.45) is 0 Å². The van der Waals surface area contributed by atoms with E-state index in [1.807, 2.05) is 43.4 Å². The summed E-state index contributed by atoms with van der Waals surface area (Å²) in [6.07, 6.45) is 2.99. The van der Waals surface area contributed by atoms with Crippen molar-refractivity contribution in [2.75, 3.05) is 38.7 Å². The maximum absolute atomic E-state index is 6.13. The second kappa shape index (κ2) is 6.56. The summed E-state index contributed by atoms with van der Waals surface area (Å²) in [7, 11) is 3.96. The van der Waals surface area contributed by atoms with Crippen LogP contribution in [0.25, 0.3) is 0 Å². The number of likely N-dealkylation sites (tertiary alicyclic amines) is 1. The Hall–Kier alpha value is -1.69. The highest BCUT2D eigenvalue weighted by molar-refractivity contribution is 6.30. The standard InChI is InChI=1S/C19H23ClN4O/c1-23(2)18-21-9-15-11-25-13-19(17(15)22-18)6-7-24(12-19)10-14-4-3-5-16(20)8-14/h3-5,8-9H,6-7,10-13H2,1-2H3. The van der Waals surface area contributed by atoms with E-state index in [0.29, 0.717) is 6.61 Å². The van der Waals surface area contributed by atoms with Gasteiger partial charge in [-0.1, -0.05) is 23.7 Å². The van der Waals surface area contributed by atoms with Crippen LogP contribution < -0.4 is 4.90 Å². The van der Waals surface area contributed by atoms with Crippen molar-refractivity contribution < 1.29 is 4.74 Å². The maximum Gasteiger partial charge on any atom is 0.225 e. The molecule has 0 radical (unpaired) electrons. The Morgan fingerprint density at radius 3 is 3.04 bits per heavy atom. The Kier molecular flexibility index (Phi) is 4.40. The van der Waals surface area contributed by atoms with Crippen LogP contribution in [0.15, 0.2) is 30.5 Å². The lowest BCUT2D eigenvalue weighted by atomic mass is 9.80. The summed E-state index contributed by atoms with van der Waals surface area (Å²) >= 11 is 6.13. The number of benzene rings is 1. The van der Waals surface area contributed by atoms with Gasteiger partial charge in [-0.2, -0.15) is 0 Å². The van der Waals surface area contributed by atoms with E-state index in [2.05, 4.69) is 16.0 Å². The van der Waals surface area contributed by atoms with Gasteiger partial charge in [0.05, 0.1) is 24.3 Å². The zero-order valence-corrected chi connectivity index (χ0v) is 15.5. The van der Waals surface area contributed by atoms with Gasteiger partial charge in [0.2, 0.25) is 5.95 Å². The number of fused-ring (bicyclic) bond motifs is 2. The van der Waals surface area contributed by atoms with Gasteiger partial charge in [0.15, 0.2) is 0 Å². The van der Waals surface area contributed by atoms with Crippen LogP contribution in [0.3, 0.4) is 0 Å². The Morgan fingerprint density at radius 1 is 1.36 bits per heavy atom. The van der Waals surface area contributed by atoms with Gasteiger partial charge in [-0.05, 0) is 30.7 Å². The average molecular weight is 359 g/mol. The minimum atomic E-state index is -0.0279. The first-order valence-electron chi connectivity index (χ1n) is 8.64. The molecule has 0 amide bonds. The first kappa shape index (κ1) is 16.8. The summed E-state index contributed by atoms with van der Waals surface area (Å²) in [5.41, 5.74) is 3.52. The molecule has 0 aliphatic carbocycles. The SMILES string of the molecule is CN(C)c1ncc2c(n1)C1(CCN(Cc3cccc(Cl)c3)C1)COC2. The van der Waals surface area contributed by atoms with Crippen molar-refractivity contribution >= 4 is 17.5 Å². The number of aromatic nitrogens is 2. The lowest BCUT2D eigenvalue weighted by Crippen LogP contribution is -2.40. The number of anilines is 1. The maximum atomic E-state index is 6.13. The molecule has 1 spiro atoms. The zero-order chi connectivity index (χ0) is 17.4. The molecule has 1 unspecified atom stereocenters. The largest absolute Gasteiger partial charge is 0.376 e. The average Bonchev–Trinajstić information content (AvgIpc) is 2.98. The molecule has 1 fully saturated rings. The van der Waals surface area contributed by atoms with Crippen LogP contribution in [0, 0.1) is 0 Å². The van der Waals surface area contributed by atoms with Gasteiger partial charge in [-0.15, -0.1) is 0 Å². The van der Waals surface area contributed by atoms with Crippen LogP contribution in [0.2, 0.25) is 5.02 Å². The fourth-order valence-corrected chi connectivity index (χ4v) is 4.11. The molecule has 1 atom stereocenters. The topological polar surface area (TPSA) is 41.5 Å². The van der Waals surface area contributed by atoms with E-state index in [-0.39, 0.29) is 5.41 Å². The molecule has 132 valence electrons. The Bertz CT molecular complexity index is 782. The molecule has 0 bridgehead atoms. The van der Waals surface area contributed by atoms with Crippen molar-refractivity contribution in [1.82, 2.24) is 14.9 Å². The summed E-state index contributed by atoms with van der Waals surface area (Å²) in [5, 5.41) is 0.793. The van der Waals surface area contributed by atoms with E-state index < -0.39 is 0 Å². The number of halogens is 1. The minimum absolute atomic E-state index is 0.0279. The van der Waals surface area contributed by atoms with Crippen LogP contribution in [-0.2, 0) is 23.3 Å². The van der Waals surface area contributed by atoms with Crippen molar-refractivity contribution in [1.29, 1.82) is 0 Å². The molecule has 0 N–H and O–H groups in total. The fourth-order valence-electron chi connectivity index (χ4n) is 3.90. The van der Waals surface area contributed by atoms with Crippen molar-refractivity contribution in [3.8, 4) is 0 Å². The number of hydrogen-bond acceptors (Lipinski definition) is 5. The lowest BCUT2D eigenvalue weighted by Gasteiger charge is -2.34. The van der Waals surface area contributed by atoms with Crippen molar-refractivity contribution in [2.45, 2.75) is 25.0 Å².